The molecule has 0 aliphatic rings. The number of amides is 1. The lowest BCUT2D eigenvalue weighted by Gasteiger charge is -2.12. The summed E-state index contributed by atoms with van der Waals surface area (Å²) in [6, 6.07) is 18.0. The maximum absolute atomic E-state index is 12.6. The van der Waals surface area contributed by atoms with Crippen molar-refractivity contribution in [2.75, 3.05) is 0 Å². The van der Waals surface area contributed by atoms with Crippen molar-refractivity contribution >= 4 is 28.6 Å². The Morgan fingerprint density at radius 3 is 2.50 bits per heavy atom. The molecule has 3 nitrogen and oxygen atoms in total. The van der Waals surface area contributed by atoms with Crippen LogP contribution in [0.5, 0.6) is 0 Å². The van der Waals surface area contributed by atoms with Crippen molar-refractivity contribution in [2.24, 2.45) is 0 Å². The summed E-state index contributed by atoms with van der Waals surface area (Å²) in [6.07, 6.45) is 0. The van der Waals surface area contributed by atoms with Gasteiger partial charge in [-0.25, -0.2) is 4.98 Å². The molecule has 0 saturated heterocycles. The number of hydrogen-bond acceptors (Lipinski definition) is 3. The Hall–Kier alpha value is -2.33. The van der Waals surface area contributed by atoms with Gasteiger partial charge in [0.1, 0.15) is 5.03 Å². The van der Waals surface area contributed by atoms with E-state index in [-0.39, 0.29) is 11.9 Å². The van der Waals surface area contributed by atoms with Crippen molar-refractivity contribution in [3.63, 3.8) is 0 Å². The molecule has 0 saturated carbocycles. The van der Waals surface area contributed by atoms with Gasteiger partial charge in [0.05, 0.1) is 11.1 Å². The summed E-state index contributed by atoms with van der Waals surface area (Å²) in [5.41, 5.74) is 2.73. The molecule has 0 spiro atoms. The normalized spacial score (nSPS) is 11.0. The van der Waals surface area contributed by atoms with Crippen LogP contribution in [-0.2, 0) is 0 Å². The molecule has 1 N–H and O–H groups in total. The van der Waals surface area contributed by atoms with Crippen molar-refractivity contribution in [3.8, 4) is 0 Å². The lowest BCUT2D eigenvalue weighted by molar-refractivity contribution is 0.0944. The van der Waals surface area contributed by atoms with Gasteiger partial charge in [0.15, 0.2) is 0 Å². The van der Waals surface area contributed by atoms with Gasteiger partial charge in [-0.15, -0.1) is 0 Å². The third kappa shape index (κ3) is 3.77. The summed E-state index contributed by atoms with van der Waals surface area (Å²) in [6.45, 7) is 5.99. The number of para-hydroxylation sites is 1. The third-order valence-corrected chi connectivity index (χ3v) is 4.53. The van der Waals surface area contributed by atoms with Crippen LogP contribution in [0.3, 0.4) is 0 Å². The number of benzene rings is 2. The number of carbonyl (C=O) groups excluding carboxylic acids is 1. The number of carbonyl (C=O) groups is 1. The van der Waals surface area contributed by atoms with Crippen LogP contribution in [0.1, 0.15) is 29.8 Å². The van der Waals surface area contributed by atoms with Crippen LogP contribution >= 0.6 is 11.8 Å². The van der Waals surface area contributed by atoms with E-state index in [2.05, 4.69) is 36.5 Å². The predicted octanol–water partition coefficient (Wildman–Crippen LogP) is 4.83. The molecule has 0 unspecified atom stereocenters. The predicted molar refractivity (Wildman–Crippen MR) is 99.6 cm³/mol. The topological polar surface area (TPSA) is 42.0 Å². The Labute approximate surface area is 146 Å². The first-order chi connectivity index (χ1) is 11.5. The van der Waals surface area contributed by atoms with E-state index in [0.29, 0.717) is 5.56 Å². The fourth-order valence-electron chi connectivity index (χ4n) is 2.46. The summed E-state index contributed by atoms with van der Waals surface area (Å²) in [4.78, 5) is 18.4. The van der Waals surface area contributed by atoms with Gasteiger partial charge >= 0.3 is 0 Å². The highest BCUT2D eigenvalue weighted by molar-refractivity contribution is 7.99. The van der Waals surface area contributed by atoms with Crippen LogP contribution in [0.4, 0.5) is 0 Å². The number of rotatable bonds is 4. The minimum atomic E-state index is -0.0608. The minimum absolute atomic E-state index is 0.0608. The number of aryl methyl sites for hydroxylation is 1. The van der Waals surface area contributed by atoms with E-state index < -0.39 is 0 Å². The number of fused-ring (bicyclic) bond motifs is 1. The summed E-state index contributed by atoms with van der Waals surface area (Å²) in [5.74, 6) is -0.0608. The minimum Gasteiger partial charge on any atom is -0.350 e. The molecule has 0 fully saturated rings. The molecule has 3 rings (SSSR count). The third-order valence-electron chi connectivity index (χ3n) is 3.60. The maximum Gasteiger partial charge on any atom is 0.252 e. The molecule has 3 aromatic rings. The van der Waals surface area contributed by atoms with Crippen molar-refractivity contribution in [1.29, 1.82) is 0 Å². The van der Waals surface area contributed by atoms with E-state index in [1.807, 2.05) is 44.2 Å². The molecule has 1 aromatic heterocycles. The number of hydrogen-bond donors (Lipinski definition) is 1. The molecule has 0 aliphatic heterocycles. The monoisotopic (exact) mass is 336 g/mol. The van der Waals surface area contributed by atoms with Gasteiger partial charge in [-0.1, -0.05) is 47.7 Å². The molecule has 4 heteroatoms. The van der Waals surface area contributed by atoms with Crippen LogP contribution in [0.25, 0.3) is 10.9 Å². The largest absolute Gasteiger partial charge is 0.350 e. The lowest BCUT2D eigenvalue weighted by atomic mass is 10.1. The second-order valence-corrected chi connectivity index (χ2v) is 7.16. The highest BCUT2D eigenvalue weighted by Crippen LogP contribution is 2.30. The Kier molecular flexibility index (Phi) is 4.86. The van der Waals surface area contributed by atoms with Gasteiger partial charge < -0.3 is 5.32 Å². The van der Waals surface area contributed by atoms with Crippen LogP contribution < -0.4 is 5.32 Å². The van der Waals surface area contributed by atoms with Gasteiger partial charge in [0.25, 0.3) is 5.91 Å². The van der Waals surface area contributed by atoms with E-state index in [1.165, 1.54) is 5.56 Å². The number of pyridine rings is 1. The zero-order valence-corrected chi connectivity index (χ0v) is 14.9. The average molecular weight is 336 g/mol. The molecule has 24 heavy (non-hydrogen) atoms. The number of nitrogens with one attached hydrogen (secondary N) is 1. The molecule has 122 valence electrons. The van der Waals surface area contributed by atoms with Crippen LogP contribution in [0.15, 0.2) is 64.5 Å². The maximum atomic E-state index is 12.6. The second kappa shape index (κ2) is 7.05. The Bertz CT molecular complexity index is 872. The SMILES string of the molecule is Cc1ccc(Sc2cc(C(=O)NC(C)C)c3ccccc3n2)cc1. The van der Waals surface area contributed by atoms with Gasteiger partial charge in [-0.2, -0.15) is 0 Å². The van der Waals surface area contributed by atoms with E-state index in [4.69, 9.17) is 4.98 Å². The van der Waals surface area contributed by atoms with E-state index in [1.54, 1.807) is 11.8 Å². The van der Waals surface area contributed by atoms with E-state index >= 15 is 0 Å². The van der Waals surface area contributed by atoms with Crippen molar-refractivity contribution in [2.45, 2.75) is 36.7 Å². The summed E-state index contributed by atoms with van der Waals surface area (Å²) in [7, 11) is 0. The average Bonchev–Trinajstić information content (AvgIpc) is 2.55. The van der Waals surface area contributed by atoms with Crippen LogP contribution in [0.2, 0.25) is 0 Å². The van der Waals surface area contributed by atoms with Crippen molar-refractivity contribution < 1.29 is 4.79 Å². The Morgan fingerprint density at radius 2 is 1.79 bits per heavy atom. The molecular formula is C20H20N2OS. The smallest absolute Gasteiger partial charge is 0.252 e. The zero-order valence-electron chi connectivity index (χ0n) is 14.0. The summed E-state index contributed by atoms with van der Waals surface area (Å²) in [5, 5.41) is 4.68. The molecule has 2 aromatic carbocycles. The van der Waals surface area contributed by atoms with Gasteiger partial charge in [0.2, 0.25) is 0 Å². The number of aromatic nitrogens is 1. The van der Waals surface area contributed by atoms with E-state index in [0.717, 1.165) is 20.8 Å². The van der Waals surface area contributed by atoms with Crippen molar-refractivity contribution in [3.05, 3.63) is 65.7 Å². The Balaban J connectivity index is 2.02. The Morgan fingerprint density at radius 1 is 1.08 bits per heavy atom. The molecule has 1 heterocycles. The zero-order chi connectivity index (χ0) is 17.1. The van der Waals surface area contributed by atoms with Crippen LogP contribution in [0, 0.1) is 6.92 Å². The quantitative estimate of drug-likeness (QED) is 0.742. The molecule has 0 aliphatic carbocycles. The molecule has 0 bridgehead atoms. The number of nitrogens with zero attached hydrogens (tertiary/aromatic N) is 1. The summed E-state index contributed by atoms with van der Waals surface area (Å²) >= 11 is 1.57. The van der Waals surface area contributed by atoms with Gasteiger partial charge in [-0.05, 0) is 45.0 Å². The first-order valence-electron chi connectivity index (χ1n) is 7.98. The molecular weight excluding hydrogens is 316 g/mol. The van der Waals surface area contributed by atoms with E-state index in [9.17, 15) is 4.79 Å². The summed E-state index contributed by atoms with van der Waals surface area (Å²) < 4.78 is 0. The lowest BCUT2D eigenvalue weighted by Crippen LogP contribution is -2.30. The standard InChI is InChI=1S/C20H20N2OS/c1-13(2)21-20(23)17-12-19(22-18-7-5-4-6-16(17)18)24-15-10-8-14(3)9-11-15/h4-13H,1-3H3,(H,21,23). The highest BCUT2D eigenvalue weighted by atomic mass is 32.2. The second-order valence-electron chi connectivity index (χ2n) is 6.07. The molecule has 1 amide bonds. The fourth-order valence-corrected chi connectivity index (χ4v) is 3.29. The van der Waals surface area contributed by atoms with Crippen molar-refractivity contribution in [1.82, 2.24) is 10.3 Å². The van der Waals surface area contributed by atoms with Crippen LogP contribution in [-0.4, -0.2) is 16.9 Å². The highest BCUT2D eigenvalue weighted by Gasteiger charge is 2.14. The fraction of sp³-hybridized carbons (Fsp3) is 0.200. The van der Waals surface area contributed by atoms with Gasteiger partial charge in [-0.3, -0.25) is 4.79 Å². The first-order valence-corrected chi connectivity index (χ1v) is 8.80. The first kappa shape index (κ1) is 16.5. The van der Waals surface area contributed by atoms with Gasteiger partial charge in [0, 0.05) is 16.3 Å². The molecule has 0 radical (unpaired) electrons. The molecule has 0 atom stereocenters.